The highest BCUT2D eigenvalue weighted by Crippen LogP contribution is 2.40. The molecule has 2 unspecified atom stereocenters. The van der Waals surface area contributed by atoms with E-state index in [2.05, 4.69) is 4.98 Å². The molecule has 0 bridgehead atoms. The van der Waals surface area contributed by atoms with E-state index in [1.54, 1.807) is 25.2 Å². The number of carbonyl (C=O) groups is 2. The number of carbonyl (C=O) groups excluding carboxylic acids is 2. The van der Waals surface area contributed by atoms with Gasteiger partial charge < -0.3 is 9.47 Å². The molecule has 1 aromatic carbocycles. The molecule has 2 heterocycles. The summed E-state index contributed by atoms with van der Waals surface area (Å²) in [7, 11) is 0. The quantitative estimate of drug-likeness (QED) is 0.727. The molecule has 7 heteroatoms. The third-order valence-electron chi connectivity index (χ3n) is 4.54. The molecular weight excluding hydrogens is 364 g/mol. The van der Waals surface area contributed by atoms with E-state index in [1.807, 2.05) is 39.0 Å². The fourth-order valence-electron chi connectivity index (χ4n) is 3.32. The number of amides is 1. The summed E-state index contributed by atoms with van der Waals surface area (Å²) >= 11 is 1.63. The zero-order valence-corrected chi connectivity index (χ0v) is 17.1. The molecule has 27 heavy (non-hydrogen) atoms. The number of anilines is 1. The number of ether oxygens (including phenoxy) is 2. The number of esters is 1. The van der Waals surface area contributed by atoms with E-state index >= 15 is 0 Å². The zero-order valence-electron chi connectivity index (χ0n) is 16.2. The lowest BCUT2D eigenvalue weighted by Gasteiger charge is -2.37. The number of rotatable bonds is 5. The SMILES string of the molecule is CCOC(=O)C(CC)N1C(=O)C(C)Oc2ccc(-c3nc(C)sc3C)cc21. The Hall–Kier alpha value is -2.41. The summed E-state index contributed by atoms with van der Waals surface area (Å²) in [6, 6.07) is 4.97. The second-order valence-corrected chi connectivity index (χ2v) is 7.87. The van der Waals surface area contributed by atoms with Crippen LogP contribution in [0.25, 0.3) is 11.3 Å². The van der Waals surface area contributed by atoms with Crippen LogP contribution >= 0.6 is 11.3 Å². The number of fused-ring (bicyclic) bond motifs is 1. The molecule has 2 atom stereocenters. The summed E-state index contributed by atoms with van der Waals surface area (Å²) in [4.78, 5) is 32.6. The minimum absolute atomic E-state index is 0.245. The smallest absolute Gasteiger partial charge is 0.329 e. The van der Waals surface area contributed by atoms with E-state index < -0.39 is 18.1 Å². The van der Waals surface area contributed by atoms with Gasteiger partial charge in [-0.15, -0.1) is 11.3 Å². The van der Waals surface area contributed by atoms with E-state index in [-0.39, 0.29) is 12.5 Å². The maximum atomic E-state index is 12.9. The van der Waals surface area contributed by atoms with Crippen molar-refractivity contribution >= 4 is 28.9 Å². The second-order valence-electron chi connectivity index (χ2n) is 6.46. The summed E-state index contributed by atoms with van der Waals surface area (Å²) in [6.45, 7) is 9.58. The van der Waals surface area contributed by atoms with Crippen LogP contribution in [0.15, 0.2) is 18.2 Å². The first kappa shape index (κ1) is 19.4. The normalized spacial score (nSPS) is 17.3. The van der Waals surface area contributed by atoms with Crippen molar-refractivity contribution < 1.29 is 19.1 Å². The van der Waals surface area contributed by atoms with Crippen LogP contribution in [-0.2, 0) is 14.3 Å². The van der Waals surface area contributed by atoms with Gasteiger partial charge in [0.05, 0.1) is 23.0 Å². The van der Waals surface area contributed by atoms with Crippen molar-refractivity contribution in [3.05, 3.63) is 28.1 Å². The molecule has 1 aliphatic rings. The third kappa shape index (κ3) is 3.56. The van der Waals surface area contributed by atoms with Crippen LogP contribution in [0.3, 0.4) is 0 Å². The first-order valence-electron chi connectivity index (χ1n) is 9.12. The first-order chi connectivity index (χ1) is 12.9. The van der Waals surface area contributed by atoms with Crippen molar-refractivity contribution in [2.75, 3.05) is 11.5 Å². The fraction of sp³-hybridized carbons (Fsp3) is 0.450. The molecule has 144 valence electrons. The molecular formula is C20H24N2O4S. The molecule has 0 saturated heterocycles. The van der Waals surface area contributed by atoms with Crippen molar-refractivity contribution in [1.82, 2.24) is 4.98 Å². The number of hydrogen-bond acceptors (Lipinski definition) is 6. The minimum atomic E-state index is -0.684. The summed E-state index contributed by atoms with van der Waals surface area (Å²) < 4.78 is 11.0. The zero-order chi connectivity index (χ0) is 19.7. The van der Waals surface area contributed by atoms with Crippen LogP contribution in [0.1, 0.15) is 37.1 Å². The molecule has 3 rings (SSSR count). The van der Waals surface area contributed by atoms with Crippen LogP contribution in [0.5, 0.6) is 5.75 Å². The lowest BCUT2D eigenvalue weighted by atomic mass is 10.0. The van der Waals surface area contributed by atoms with Gasteiger partial charge in [0.1, 0.15) is 11.8 Å². The van der Waals surface area contributed by atoms with E-state index in [9.17, 15) is 9.59 Å². The highest BCUT2D eigenvalue weighted by Gasteiger charge is 2.39. The Bertz CT molecular complexity index is 877. The number of benzene rings is 1. The summed E-state index contributed by atoms with van der Waals surface area (Å²) in [6.07, 6.45) is -0.203. The molecule has 1 amide bonds. The molecule has 6 nitrogen and oxygen atoms in total. The number of thiazole rings is 1. The Balaban J connectivity index is 2.10. The van der Waals surface area contributed by atoms with Crippen LogP contribution in [-0.4, -0.2) is 35.6 Å². The van der Waals surface area contributed by atoms with Gasteiger partial charge in [-0.2, -0.15) is 0 Å². The average molecular weight is 388 g/mol. The second kappa shape index (κ2) is 7.68. The van der Waals surface area contributed by atoms with Gasteiger partial charge in [0.15, 0.2) is 6.10 Å². The number of nitrogens with zero attached hydrogens (tertiary/aromatic N) is 2. The van der Waals surface area contributed by atoms with Crippen molar-refractivity contribution in [3.63, 3.8) is 0 Å². The average Bonchev–Trinajstić information content (AvgIpc) is 2.97. The van der Waals surface area contributed by atoms with E-state index in [0.29, 0.717) is 17.9 Å². The van der Waals surface area contributed by atoms with Gasteiger partial charge in [0.25, 0.3) is 5.91 Å². The molecule has 2 aromatic rings. The maximum absolute atomic E-state index is 12.9. The molecule has 0 aliphatic carbocycles. The summed E-state index contributed by atoms with van der Waals surface area (Å²) in [5.74, 6) is -0.0663. The summed E-state index contributed by atoms with van der Waals surface area (Å²) in [5, 5.41) is 0.982. The molecule has 0 radical (unpaired) electrons. The largest absolute Gasteiger partial charge is 0.479 e. The molecule has 0 spiro atoms. The standard InChI is InChI=1S/C20H24N2O4S/c1-6-15(20(24)25-7-2)22-16-10-14(18-12(4)27-13(5)21-18)8-9-17(16)26-11(3)19(22)23/h8-11,15H,6-7H2,1-5H3. The van der Waals surface area contributed by atoms with Crippen molar-refractivity contribution in [2.24, 2.45) is 0 Å². The highest BCUT2D eigenvalue weighted by molar-refractivity contribution is 7.11. The Kier molecular flexibility index (Phi) is 5.51. The van der Waals surface area contributed by atoms with Gasteiger partial charge in [0, 0.05) is 10.4 Å². The van der Waals surface area contributed by atoms with E-state index in [4.69, 9.17) is 9.47 Å². The van der Waals surface area contributed by atoms with Crippen molar-refractivity contribution in [3.8, 4) is 17.0 Å². The van der Waals surface area contributed by atoms with E-state index in [1.165, 1.54) is 4.90 Å². The van der Waals surface area contributed by atoms with Crippen LogP contribution < -0.4 is 9.64 Å². The first-order valence-corrected chi connectivity index (χ1v) is 9.93. The van der Waals surface area contributed by atoms with Crippen molar-refractivity contribution in [1.29, 1.82) is 0 Å². The Morgan fingerprint density at radius 1 is 1.37 bits per heavy atom. The number of aryl methyl sites for hydroxylation is 2. The predicted octanol–water partition coefficient (Wildman–Crippen LogP) is 3.88. The Labute approximate surface area is 163 Å². The Morgan fingerprint density at radius 3 is 2.70 bits per heavy atom. The van der Waals surface area contributed by atoms with Gasteiger partial charge in [0.2, 0.25) is 0 Å². The molecule has 1 aromatic heterocycles. The fourth-order valence-corrected chi connectivity index (χ4v) is 4.16. The monoisotopic (exact) mass is 388 g/mol. The number of aromatic nitrogens is 1. The van der Waals surface area contributed by atoms with Gasteiger partial charge in [-0.05, 0) is 52.3 Å². The van der Waals surface area contributed by atoms with Gasteiger partial charge >= 0.3 is 5.97 Å². The molecule has 0 fully saturated rings. The lowest BCUT2D eigenvalue weighted by Crippen LogP contribution is -2.52. The molecule has 0 N–H and O–H groups in total. The lowest BCUT2D eigenvalue weighted by molar-refractivity contribution is -0.146. The molecule has 0 saturated carbocycles. The van der Waals surface area contributed by atoms with Crippen LogP contribution in [0.4, 0.5) is 5.69 Å². The summed E-state index contributed by atoms with van der Waals surface area (Å²) in [5.41, 5.74) is 2.36. The third-order valence-corrected chi connectivity index (χ3v) is 5.43. The van der Waals surface area contributed by atoms with Crippen molar-refractivity contribution in [2.45, 2.75) is 53.2 Å². The highest BCUT2D eigenvalue weighted by atomic mass is 32.1. The van der Waals surface area contributed by atoms with Crippen LogP contribution in [0.2, 0.25) is 0 Å². The molecule has 1 aliphatic heterocycles. The van der Waals surface area contributed by atoms with Gasteiger partial charge in [-0.1, -0.05) is 6.92 Å². The van der Waals surface area contributed by atoms with Gasteiger partial charge in [-0.25, -0.2) is 9.78 Å². The van der Waals surface area contributed by atoms with Crippen LogP contribution in [0, 0.1) is 13.8 Å². The van der Waals surface area contributed by atoms with E-state index in [0.717, 1.165) is 21.1 Å². The maximum Gasteiger partial charge on any atom is 0.329 e. The topological polar surface area (TPSA) is 68.7 Å². The predicted molar refractivity (Wildman–Crippen MR) is 105 cm³/mol. The Morgan fingerprint density at radius 2 is 2.11 bits per heavy atom. The number of hydrogen-bond donors (Lipinski definition) is 0. The van der Waals surface area contributed by atoms with Gasteiger partial charge in [-0.3, -0.25) is 9.69 Å². The minimum Gasteiger partial charge on any atom is -0.479 e.